The van der Waals surface area contributed by atoms with Gasteiger partial charge in [0.1, 0.15) is 5.75 Å². The highest BCUT2D eigenvalue weighted by Gasteiger charge is 2.48. The number of aryl methyl sites for hydroxylation is 1. The summed E-state index contributed by atoms with van der Waals surface area (Å²) in [4.78, 5) is 5.66. The molecule has 3 aromatic rings. The van der Waals surface area contributed by atoms with Crippen LogP contribution in [-0.4, -0.2) is 43.6 Å². The third-order valence-corrected chi connectivity index (χ3v) is 8.87. The fourth-order valence-corrected chi connectivity index (χ4v) is 6.41. The number of hydrogen-bond acceptors (Lipinski definition) is 4. The zero-order valence-electron chi connectivity index (χ0n) is 27.6. The predicted molar refractivity (Wildman–Crippen MR) is 180 cm³/mol. The van der Waals surface area contributed by atoms with E-state index >= 15 is 0 Å². The number of hydrogen-bond donors (Lipinski definition) is 1. The maximum absolute atomic E-state index is 13.0. The van der Waals surface area contributed by atoms with E-state index in [-0.39, 0.29) is 24.3 Å². The van der Waals surface area contributed by atoms with Crippen LogP contribution >= 0.6 is 0 Å². The van der Waals surface area contributed by atoms with Crippen molar-refractivity contribution < 1.29 is 30.2 Å². The predicted octanol–water partition coefficient (Wildman–Crippen LogP) is 9.76. The number of allylic oxidation sites excluding steroid dienone is 4. The van der Waals surface area contributed by atoms with Crippen molar-refractivity contribution in [2.75, 3.05) is 19.8 Å². The molecule has 0 radical (unpaired) electrons. The van der Waals surface area contributed by atoms with Gasteiger partial charge in [0, 0.05) is 42.1 Å². The average Bonchev–Trinajstić information content (AvgIpc) is 3.31. The van der Waals surface area contributed by atoms with Gasteiger partial charge in [0.2, 0.25) is 0 Å². The number of rotatable bonds is 9. The molecule has 1 aliphatic carbocycles. The Balaban J connectivity index is 0.00000139. The highest BCUT2D eigenvalue weighted by molar-refractivity contribution is 7.88. The van der Waals surface area contributed by atoms with Crippen molar-refractivity contribution in [3.8, 4) is 5.75 Å². The zero-order chi connectivity index (χ0) is 34.2. The normalized spacial score (nSPS) is 16.1. The molecular formula is C36H46F4N2O3S. The Morgan fingerprint density at radius 3 is 2.37 bits per heavy atom. The van der Waals surface area contributed by atoms with Gasteiger partial charge in [-0.2, -0.15) is 21.6 Å². The molecule has 2 heterocycles. The van der Waals surface area contributed by atoms with E-state index < -0.39 is 15.6 Å². The molecule has 1 fully saturated rings. The van der Waals surface area contributed by atoms with Crippen molar-refractivity contribution in [1.82, 2.24) is 9.88 Å². The topological polar surface area (TPSA) is 62.4 Å². The Morgan fingerprint density at radius 2 is 1.76 bits per heavy atom. The molecule has 0 bridgehead atoms. The number of alkyl halides is 4. The van der Waals surface area contributed by atoms with Crippen LogP contribution in [0.3, 0.4) is 0 Å². The summed E-state index contributed by atoms with van der Waals surface area (Å²) in [7, 11) is -5.79. The summed E-state index contributed by atoms with van der Waals surface area (Å²) in [5.74, 6) is -0.0763. The molecule has 2 aromatic carbocycles. The van der Waals surface area contributed by atoms with Crippen LogP contribution in [0.2, 0.25) is 0 Å². The first kappa shape index (κ1) is 37.1. The molecule has 1 N–H and O–H groups in total. The molecule has 2 aliphatic rings. The van der Waals surface area contributed by atoms with Gasteiger partial charge in [0.05, 0.1) is 6.67 Å². The van der Waals surface area contributed by atoms with Crippen LogP contribution in [0.4, 0.5) is 17.6 Å². The molecule has 0 amide bonds. The monoisotopic (exact) mass is 662 g/mol. The second-order valence-electron chi connectivity index (χ2n) is 11.3. The molecule has 0 unspecified atom stereocenters. The van der Waals surface area contributed by atoms with Gasteiger partial charge in [0.25, 0.3) is 0 Å². The summed E-state index contributed by atoms with van der Waals surface area (Å²) in [6.07, 6.45) is 5.74. The lowest BCUT2D eigenvalue weighted by atomic mass is 9.83. The SMILES string of the molecule is C=C/C=C(/C1=C(c2ccc3[nH]c(CN4CC(CF)C4)cc3c2)c2ccc(OS(=O)(=O)C(F)(F)F)cc2CCC1)C(C)C.CC.CC. The summed E-state index contributed by atoms with van der Waals surface area (Å²) < 4.78 is 79.7. The van der Waals surface area contributed by atoms with Gasteiger partial charge in [-0.15, -0.1) is 0 Å². The number of nitrogens with zero attached hydrogens (tertiary/aromatic N) is 1. The van der Waals surface area contributed by atoms with Crippen molar-refractivity contribution in [3.05, 3.63) is 94.7 Å². The van der Waals surface area contributed by atoms with Gasteiger partial charge in [-0.1, -0.05) is 72.4 Å². The fraction of sp³-hybridized carbons (Fsp3) is 0.444. The Kier molecular flexibility index (Phi) is 12.9. The van der Waals surface area contributed by atoms with Gasteiger partial charge in [-0.3, -0.25) is 9.29 Å². The maximum atomic E-state index is 13.0. The minimum Gasteiger partial charge on any atom is -0.376 e. The molecule has 0 spiro atoms. The van der Waals surface area contributed by atoms with Crippen LogP contribution in [0.5, 0.6) is 5.75 Å². The van der Waals surface area contributed by atoms with Gasteiger partial charge in [-0.25, -0.2) is 0 Å². The molecule has 252 valence electrons. The van der Waals surface area contributed by atoms with Crippen LogP contribution in [0, 0.1) is 11.8 Å². The van der Waals surface area contributed by atoms with Gasteiger partial charge in [-0.05, 0) is 88.9 Å². The molecule has 0 saturated carbocycles. The first-order chi connectivity index (χ1) is 21.9. The van der Waals surface area contributed by atoms with Crippen molar-refractivity contribution in [3.63, 3.8) is 0 Å². The van der Waals surface area contributed by atoms with E-state index in [2.05, 4.69) is 46.6 Å². The van der Waals surface area contributed by atoms with E-state index in [0.717, 1.165) is 70.4 Å². The molecule has 1 aliphatic heterocycles. The van der Waals surface area contributed by atoms with E-state index in [4.69, 9.17) is 0 Å². The van der Waals surface area contributed by atoms with E-state index in [9.17, 15) is 26.0 Å². The highest BCUT2D eigenvalue weighted by atomic mass is 32.2. The van der Waals surface area contributed by atoms with Crippen molar-refractivity contribution in [2.24, 2.45) is 11.8 Å². The van der Waals surface area contributed by atoms with Crippen LogP contribution in [-0.2, 0) is 23.1 Å². The van der Waals surface area contributed by atoms with E-state index in [1.165, 1.54) is 12.1 Å². The lowest BCUT2D eigenvalue weighted by Gasteiger charge is -2.37. The van der Waals surface area contributed by atoms with Crippen molar-refractivity contribution in [2.45, 2.75) is 72.9 Å². The largest absolute Gasteiger partial charge is 0.534 e. The molecule has 1 saturated heterocycles. The lowest BCUT2D eigenvalue weighted by molar-refractivity contribution is -0.0500. The van der Waals surface area contributed by atoms with Crippen LogP contribution < -0.4 is 4.18 Å². The Bertz CT molecular complexity index is 1660. The van der Waals surface area contributed by atoms with E-state index in [0.29, 0.717) is 18.5 Å². The first-order valence-corrected chi connectivity index (χ1v) is 17.4. The Morgan fingerprint density at radius 1 is 1.07 bits per heavy atom. The molecule has 5 nitrogen and oxygen atoms in total. The number of aromatic amines is 1. The van der Waals surface area contributed by atoms with Crippen LogP contribution in [0.25, 0.3) is 16.5 Å². The van der Waals surface area contributed by atoms with Crippen LogP contribution in [0.15, 0.2) is 72.3 Å². The average molecular weight is 663 g/mol. The summed E-state index contributed by atoms with van der Waals surface area (Å²) >= 11 is 0. The van der Waals surface area contributed by atoms with E-state index in [1.807, 2.05) is 45.9 Å². The molecule has 5 rings (SSSR count). The number of aromatic nitrogens is 1. The first-order valence-electron chi connectivity index (χ1n) is 16.0. The van der Waals surface area contributed by atoms with Gasteiger partial charge < -0.3 is 9.17 Å². The smallest absolute Gasteiger partial charge is 0.376 e. The summed E-state index contributed by atoms with van der Waals surface area (Å²) in [6.45, 7) is 18.0. The maximum Gasteiger partial charge on any atom is 0.534 e. The van der Waals surface area contributed by atoms with Gasteiger partial charge in [0.15, 0.2) is 0 Å². The third-order valence-electron chi connectivity index (χ3n) is 7.89. The third kappa shape index (κ3) is 8.31. The number of likely N-dealkylation sites (tertiary alicyclic amines) is 1. The second-order valence-corrected chi connectivity index (χ2v) is 12.9. The number of nitrogens with one attached hydrogen (secondary N) is 1. The quantitative estimate of drug-likeness (QED) is 0.107. The molecule has 10 heteroatoms. The fourth-order valence-electron chi connectivity index (χ4n) is 5.95. The summed E-state index contributed by atoms with van der Waals surface area (Å²) in [6, 6.07) is 12.6. The Labute approximate surface area is 271 Å². The molecule has 46 heavy (non-hydrogen) atoms. The van der Waals surface area contributed by atoms with Gasteiger partial charge >= 0.3 is 15.6 Å². The van der Waals surface area contributed by atoms with Crippen molar-refractivity contribution >= 4 is 26.6 Å². The second kappa shape index (κ2) is 16.0. The Hall–Kier alpha value is -3.37. The highest BCUT2D eigenvalue weighted by Crippen LogP contribution is 2.42. The molecule has 1 aromatic heterocycles. The zero-order valence-corrected chi connectivity index (χ0v) is 28.4. The number of H-pyrrole nitrogens is 1. The molecule has 0 atom stereocenters. The van der Waals surface area contributed by atoms with Crippen LogP contribution in [0.1, 0.15) is 76.8 Å². The standard InChI is InChI=1S/C32H34F4N2O3S.2C2H6/c1-4-6-27(20(2)3)29-8-5-7-22-15-26(41-42(39,40)32(34,35)36)10-11-28(22)31(29)23-9-12-30-24(13-23)14-25(37-30)19-38-17-21(16-33)18-38;2*1-2/h4,6,9-15,20-21,37H,1,5,7-8,16-19H2,2-3H3;2*1-2H3/b27-6+;;. The number of benzene rings is 2. The summed E-state index contributed by atoms with van der Waals surface area (Å²) in [5.41, 5.74) is 2.16. The minimum absolute atomic E-state index is 0.111. The van der Waals surface area contributed by atoms with E-state index in [1.54, 1.807) is 12.1 Å². The molecular weight excluding hydrogens is 616 g/mol. The lowest BCUT2D eigenvalue weighted by Crippen LogP contribution is -2.46. The minimum atomic E-state index is -5.79. The summed E-state index contributed by atoms with van der Waals surface area (Å²) in [5, 5.41) is 1.01. The number of halogens is 4. The number of fused-ring (bicyclic) bond motifs is 2. The van der Waals surface area contributed by atoms with Crippen molar-refractivity contribution in [1.29, 1.82) is 0 Å².